The largest absolute Gasteiger partial charge is 0.350 e. The first-order valence-corrected chi connectivity index (χ1v) is 10.7. The van der Waals surface area contributed by atoms with Crippen LogP contribution in [-0.4, -0.2) is 44.8 Å². The number of aromatic nitrogens is 2. The predicted octanol–water partition coefficient (Wildman–Crippen LogP) is 4.13. The highest BCUT2D eigenvalue weighted by Crippen LogP contribution is 2.32. The second kappa shape index (κ2) is 9.37. The smallest absolute Gasteiger partial charge is 0.293 e. The van der Waals surface area contributed by atoms with Crippen molar-refractivity contribution in [2.24, 2.45) is 0 Å². The number of imide groups is 1. The van der Waals surface area contributed by atoms with Crippen LogP contribution in [0.3, 0.4) is 0 Å². The first-order chi connectivity index (χ1) is 15.4. The van der Waals surface area contributed by atoms with Crippen molar-refractivity contribution in [3.63, 3.8) is 0 Å². The molecule has 0 saturated carbocycles. The highest BCUT2D eigenvalue weighted by Gasteiger charge is 2.34. The maximum absolute atomic E-state index is 13.8. The summed E-state index contributed by atoms with van der Waals surface area (Å²) in [6.07, 6.45) is 4.28. The number of para-hydroxylation sites is 1. The SMILES string of the molecule is O=C(NCCN1C(=O)S/C(=C\c2ccccc2F)C1=O)c1cnn(-c2ccccc2Cl)c1. The first kappa shape index (κ1) is 21.8. The molecule has 162 valence electrons. The highest BCUT2D eigenvalue weighted by molar-refractivity contribution is 8.18. The lowest BCUT2D eigenvalue weighted by Crippen LogP contribution is -2.37. The summed E-state index contributed by atoms with van der Waals surface area (Å²) in [6, 6.07) is 13.1. The molecule has 1 aromatic heterocycles. The van der Waals surface area contributed by atoms with E-state index >= 15 is 0 Å². The molecule has 4 rings (SSSR count). The summed E-state index contributed by atoms with van der Waals surface area (Å²) in [6.45, 7) is 0.0464. The van der Waals surface area contributed by atoms with E-state index in [-0.39, 0.29) is 23.6 Å². The standard InChI is InChI=1S/C22H16ClFN4O3S/c23-16-6-2-4-8-18(16)28-13-15(12-26-28)20(29)25-9-10-27-21(30)19(32-22(27)31)11-14-5-1-3-7-17(14)24/h1-8,11-13H,9-10H2,(H,25,29)/b19-11-. The van der Waals surface area contributed by atoms with E-state index in [1.54, 1.807) is 36.4 Å². The molecule has 0 unspecified atom stereocenters. The summed E-state index contributed by atoms with van der Waals surface area (Å²) in [7, 11) is 0. The maximum Gasteiger partial charge on any atom is 0.293 e. The summed E-state index contributed by atoms with van der Waals surface area (Å²) in [5.74, 6) is -1.41. The van der Waals surface area contributed by atoms with E-state index in [2.05, 4.69) is 10.4 Å². The Morgan fingerprint density at radius 3 is 2.69 bits per heavy atom. The van der Waals surface area contributed by atoms with E-state index in [1.807, 2.05) is 0 Å². The van der Waals surface area contributed by atoms with Gasteiger partial charge in [0, 0.05) is 24.8 Å². The molecule has 1 aliphatic rings. The molecular weight excluding hydrogens is 455 g/mol. The minimum Gasteiger partial charge on any atom is -0.350 e. The summed E-state index contributed by atoms with van der Waals surface area (Å²) < 4.78 is 15.3. The molecule has 0 aliphatic carbocycles. The second-order valence-electron chi connectivity index (χ2n) is 6.74. The summed E-state index contributed by atoms with van der Waals surface area (Å²) >= 11 is 6.88. The Morgan fingerprint density at radius 1 is 1.16 bits per heavy atom. The van der Waals surface area contributed by atoms with Gasteiger partial charge in [-0.3, -0.25) is 19.3 Å². The predicted molar refractivity (Wildman–Crippen MR) is 120 cm³/mol. The Morgan fingerprint density at radius 2 is 1.91 bits per heavy atom. The quantitative estimate of drug-likeness (QED) is 0.547. The number of rotatable bonds is 6. The van der Waals surface area contributed by atoms with E-state index < -0.39 is 22.9 Å². The molecule has 0 bridgehead atoms. The van der Waals surface area contributed by atoms with Crippen molar-refractivity contribution in [3.8, 4) is 5.69 Å². The lowest BCUT2D eigenvalue weighted by atomic mass is 10.2. The van der Waals surface area contributed by atoms with Crippen LogP contribution in [0.4, 0.5) is 9.18 Å². The lowest BCUT2D eigenvalue weighted by Gasteiger charge is -2.12. The fraction of sp³-hybridized carbons (Fsp3) is 0.0909. The monoisotopic (exact) mass is 470 g/mol. The van der Waals surface area contributed by atoms with Gasteiger partial charge in [0.25, 0.3) is 17.1 Å². The van der Waals surface area contributed by atoms with E-state index in [0.29, 0.717) is 16.3 Å². The zero-order valence-electron chi connectivity index (χ0n) is 16.5. The molecule has 7 nitrogen and oxygen atoms in total. The number of hydrogen-bond acceptors (Lipinski definition) is 5. The lowest BCUT2D eigenvalue weighted by molar-refractivity contribution is -0.122. The Labute approximate surface area is 191 Å². The van der Waals surface area contributed by atoms with Gasteiger partial charge in [0.15, 0.2) is 0 Å². The van der Waals surface area contributed by atoms with Crippen molar-refractivity contribution in [2.45, 2.75) is 0 Å². The van der Waals surface area contributed by atoms with Gasteiger partial charge in [-0.05, 0) is 36.0 Å². The summed E-state index contributed by atoms with van der Waals surface area (Å²) in [4.78, 5) is 38.3. The second-order valence-corrected chi connectivity index (χ2v) is 8.14. The molecule has 3 aromatic rings. The number of thioether (sulfide) groups is 1. The van der Waals surface area contributed by atoms with Gasteiger partial charge in [-0.1, -0.05) is 41.9 Å². The van der Waals surface area contributed by atoms with Crippen molar-refractivity contribution < 1.29 is 18.8 Å². The van der Waals surface area contributed by atoms with Crippen LogP contribution in [0, 0.1) is 5.82 Å². The summed E-state index contributed by atoms with van der Waals surface area (Å²) in [5.41, 5.74) is 1.16. The fourth-order valence-corrected chi connectivity index (χ4v) is 4.10. The number of hydrogen-bond donors (Lipinski definition) is 1. The summed E-state index contributed by atoms with van der Waals surface area (Å²) in [5, 5.41) is 6.82. The van der Waals surface area contributed by atoms with Crippen LogP contribution in [0.25, 0.3) is 11.8 Å². The maximum atomic E-state index is 13.8. The van der Waals surface area contributed by atoms with Crippen LogP contribution >= 0.6 is 23.4 Å². The molecule has 10 heteroatoms. The van der Waals surface area contributed by atoms with Gasteiger partial charge in [0.2, 0.25) is 0 Å². The molecule has 3 amide bonds. The number of carbonyl (C=O) groups is 3. The molecule has 0 spiro atoms. The van der Waals surface area contributed by atoms with Gasteiger partial charge in [-0.15, -0.1) is 0 Å². The fourth-order valence-electron chi connectivity index (χ4n) is 3.02. The molecule has 0 atom stereocenters. The van der Waals surface area contributed by atoms with Gasteiger partial charge < -0.3 is 5.32 Å². The zero-order valence-corrected chi connectivity index (χ0v) is 18.1. The average molecular weight is 471 g/mol. The zero-order chi connectivity index (χ0) is 22.7. The minimum absolute atomic E-state index is 0.0102. The van der Waals surface area contributed by atoms with Gasteiger partial charge in [0.05, 0.1) is 27.4 Å². The van der Waals surface area contributed by atoms with Crippen LogP contribution in [0.2, 0.25) is 5.02 Å². The van der Waals surface area contributed by atoms with E-state index in [0.717, 1.165) is 16.7 Å². The van der Waals surface area contributed by atoms with Crippen LogP contribution in [0.15, 0.2) is 65.8 Å². The number of nitrogens with one attached hydrogen (secondary N) is 1. The molecule has 0 radical (unpaired) electrons. The molecule has 2 heterocycles. The first-order valence-electron chi connectivity index (χ1n) is 9.51. The van der Waals surface area contributed by atoms with Crippen molar-refractivity contribution in [1.82, 2.24) is 20.0 Å². The number of nitrogens with zero attached hydrogens (tertiary/aromatic N) is 3. The molecule has 1 N–H and O–H groups in total. The molecule has 32 heavy (non-hydrogen) atoms. The topological polar surface area (TPSA) is 84.3 Å². The van der Waals surface area contributed by atoms with Crippen LogP contribution in [0.1, 0.15) is 15.9 Å². The minimum atomic E-state index is -0.524. The van der Waals surface area contributed by atoms with Crippen molar-refractivity contribution in [3.05, 3.63) is 87.8 Å². The van der Waals surface area contributed by atoms with Gasteiger partial charge >= 0.3 is 0 Å². The van der Waals surface area contributed by atoms with Crippen molar-refractivity contribution in [1.29, 1.82) is 0 Å². The molecular formula is C22H16ClFN4O3S. The number of carbonyl (C=O) groups excluding carboxylic acids is 3. The normalized spacial score (nSPS) is 14.9. The van der Waals surface area contributed by atoms with Crippen LogP contribution in [-0.2, 0) is 4.79 Å². The highest BCUT2D eigenvalue weighted by atomic mass is 35.5. The van der Waals surface area contributed by atoms with Crippen molar-refractivity contribution in [2.75, 3.05) is 13.1 Å². The third kappa shape index (κ3) is 4.58. The Kier molecular flexibility index (Phi) is 6.38. The average Bonchev–Trinajstić information content (AvgIpc) is 3.36. The number of amides is 3. The molecule has 1 saturated heterocycles. The van der Waals surface area contributed by atoms with Crippen molar-refractivity contribution >= 4 is 46.5 Å². The van der Waals surface area contributed by atoms with E-state index in [1.165, 1.54) is 35.3 Å². The van der Waals surface area contributed by atoms with Crippen LogP contribution in [0.5, 0.6) is 0 Å². The van der Waals surface area contributed by atoms with E-state index in [9.17, 15) is 18.8 Å². The number of halogens is 2. The van der Waals surface area contributed by atoms with E-state index in [4.69, 9.17) is 11.6 Å². The third-order valence-electron chi connectivity index (χ3n) is 4.63. The Hall–Kier alpha value is -3.43. The molecule has 1 aliphatic heterocycles. The molecule has 2 aromatic carbocycles. The van der Waals surface area contributed by atoms with Gasteiger partial charge in [-0.2, -0.15) is 5.10 Å². The molecule has 1 fully saturated rings. The van der Waals surface area contributed by atoms with Crippen LogP contribution < -0.4 is 5.32 Å². The van der Waals surface area contributed by atoms with Gasteiger partial charge in [-0.25, -0.2) is 9.07 Å². The third-order valence-corrected chi connectivity index (χ3v) is 5.86. The van der Waals surface area contributed by atoms with Gasteiger partial charge in [0.1, 0.15) is 5.82 Å². The number of benzene rings is 2. The Bertz CT molecular complexity index is 1240. The Balaban J connectivity index is 1.36.